The number of aromatic nitrogens is 4. The maximum atomic E-state index is 9.22. The number of hydrogen-bond donors (Lipinski definition) is 2. The van der Waals surface area contributed by atoms with Gasteiger partial charge in [0, 0.05) is 6.61 Å². The van der Waals surface area contributed by atoms with Crippen molar-refractivity contribution in [3.8, 4) is 0 Å². The van der Waals surface area contributed by atoms with Gasteiger partial charge in [0.1, 0.15) is 11.8 Å². The molecule has 0 bridgehead atoms. The summed E-state index contributed by atoms with van der Waals surface area (Å²) in [6.45, 7) is -0.0998. The van der Waals surface area contributed by atoms with Crippen LogP contribution in [0.15, 0.2) is 12.7 Å². The van der Waals surface area contributed by atoms with E-state index >= 15 is 0 Å². The summed E-state index contributed by atoms with van der Waals surface area (Å²) in [5.74, 6) is 0. The monoisotopic (exact) mass is 242 g/mol. The molecular formula is C9H11ClN4O2. The standard InChI is InChI=1S/C9H11ClN4O2/c10-8-7-9(12-4-11-8)14(5-13-7)6(3-16)1-2-15/h4-6,15-16H,1-3H2. The molecule has 1 atom stereocenters. The summed E-state index contributed by atoms with van der Waals surface area (Å²) in [6, 6.07) is -0.249. The molecule has 0 fully saturated rings. The molecule has 0 saturated carbocycles. The van der Waals surface area contributed by atoms with Crippen molar-refractivity contribution in [3.05, 3.63) is 17.8 Å². The zero-order valence-corrected chi connectivity index (χ0v) is 9.17. The fourth-order valence-corrected chi connectivity index (χ4v) is 1.73. The van der Waals surface area contributed by atoms with E-state index in [9.17, 15) is 5.11 Å². The molecule has 2 heterocycles. The first-order valence-corrected chi connectivity index (χ1v) is 5.20. The van der Waals surface area contributed by atoms with Crippen molar-refractivity contribution >= 4 is 22.8 Å². The Morgan fingerprint density at radius 3 is 2.81 bits per heavy atom. The van der Waals surface area contributed by atoms with Crippen LogP contribution in [0.25, 0.3) is 11.2 Å². The van der Waals surface area contributed by atoms with Crippen molar-refractivity contribution < 1.29 is 10.2 Å². The van der Waals surface area contributed by atoms with E-state index in [2.05, 4.69) is 15.0 Å². The number of rotatable bonds is 4. The van der Waals surface area contributed by atoms with E-state index in [1.807, 2.05) is 0 Å². The number of aliphatic hydroxyl groups excluding tert-OH is 2. The van der Waals surface area contributed by atoms with Gasteiger partial charge in [-0.15, -0.1) is 0 Å². The SMILES string of the molecule is OCCC(CO)n1cnc2c(Cl)ncnc21. The van der Waals surface area contributed by atoms with Crippen molar-refractivity contribution in [1.82, 2.24) is 19.5 Å². The predicted octanol–water partition coefficient (Wildman–Crippen LogP) is 0.395. The molecule has 0 aromatic carbocycles. The van der Waals surface area contributed by atoms with Crippen molar-refractivity contribution in [2.75, 3.05) is 13.2 Å². The van der Waals surface area contributed by atoms with E-state index in [0.717, 1.165) is 0 Å². The molecule has 0 spiro atoms. The van der Waals surface area contributed by atoms with Crippen molar-refractivity contribution in [3.63, 3.8) is 0 Å². The Bertz CT molecular complexity index is 487. The Labute approximate surface area is 96.5 Å². The average molecular weight is 243 g/mol. The lowest BCUT2D eigenvalue weighted by molar-refractivity contribution is 0.188. The third-order valence-electron chi connectivity index (χ3n) is 2.38. The molecule has 0 saturated heterocycles. The lowest BCUT2D eigenvalue weighted by atomic mass is 10.2. The van der Waals surface area contributed by atoms with Gasteiger partial charge in [0.2, 0.25) is 0 Å². The molecule has 0 aliphatic carbocycles. The van der Waals surface area contributed by atoms with Crippen LogP contribution in [0, 0.1) is 0 Å². The van der Waals surface area contributed by atoms with Gasteiger partial charge < -0.3 is 14.8 Å². The first kappa shape index (κ1) is 11.3. The van der Waals surface area contributed by atoms with E-state index in [0.29, 0.717) is 17.6 Å². The Balaban J connectivity index is 2.48. The van der Waals surface area contributed by atoms with Crippen LogP contribution in [0.2, 0.25) is 5.15 Å². The second kappa shape index (κ2) is 4.73. The molecule has 2 aromatic heterocycles. The van der Waals surface area contributed by atoms with Crippen LogP contribution < -0.4 is 0 Å². The maximum Gasteiger partial charge on any atom is 0.165 e. The van der Waals surface area contributed by atoms with Gasteiger partial charge in [-0.2, -0.15) is 0 Å². The first-order valence-electron chi connectivity index (χ1n) is 4.82. The second-order valence-corrected chi connectivity index (χ2v) is 3.70. The smallest absolute Gasteiger partial charge is 0.165 e. The second-order valence-electron chi connectivity index (χ2n) is 3.34. The van der Waals surface area contributed by atoms with E-state index in [1.165, 1.54) is 6.33 Å². The van der Waals surface area contributed by atoms with E-state index < -0.39 is 0 Å². The van der Waals surface area contributed by atoms with Crippen molar-refractivity contribution in [2.45, 2.75) is 12.5 Å². The summed E-state index contributed by atoms with van der Waals surface area (Å²) in [4.78, 5) is 12.0. The molecule has 2 N–H and O–H groups in total. The predicted molar refractivity (Wildman–Crippen MR) is 58.2 cm³/mol. The minimum absolute atomic E-state index is 0.0102. The van der Waals surface area contributed by atoms with Crippen LogP contribution in [0.1, 0.15) is 12.5 Å². The molecule has 0 radical (unpaired) electrons. The third kappa shape index (κ3) is 1.87. The molecule has 2 rings (SSSR count). The summed E-state index contributed by atoms with van der Waals surface area (Å²) < 4.78 is 1.69. The summed E-state index contributed by atoms with van der Waals surface area (Å²) in [7, 11) is 0. The number of aliphatic hydroxyl groups is 2. The summed E-state index contributed by atoms with van der Waals surface area (Å²) in [5, 5.41) is 18.4. The summed E-state index contributed by atoms with van der Waals surface area (Å²) in [5.41, 5.74) is 1.06. The van der Waals surface area contributed by atoms with Crippen molar-refractivity contribution in [2.24, 2.45) is 0 Å². The van der Waals surface area contributed by atoms with Crippen LogP contribution >= 0.6 is 11.6 Å². The average Bonchev–Trinajstić information content (AvgIpc) is 2.71. The normalized spacial score (nSPS) is 13.2. The summed E-state index contributed by atoms with van der Waals surface area (Å²) in [6.07, 6.45) is 3.32. The Morgan fingerprint density at radius 2 is 2.12 bits per heavy atom. The van der Waals surface area contributed by atoms with Gasteiger partial charge in [-0.1, -0.05) is 11.6 Å². The van der Waals surface area contributed by atoms with Gasteiger partial charge >= 0.3 is 0 Å². The minimum atomic E-state index is -0.249. The van der Waals surface area contributed by atoms with Crippen LogP contribution in [-0.4, -0.2) is 42.9 Å². The Hall–Kier alpha value is -1.24. The van der Waals surface area contributed by atoms with Gasteiger partial charge in [0.25, 0.3) is 0 Å². The van der Waals surface area contributed by atoms with Crippen LogP contribution in [0.5, 0.6) is 0 Å². The van der Waals surface area contributed by atoms with Gasteiger partial charge in [0.15, 0.2) is 10.8 Å². The Kier molecular flexibility index (Phi) is 3.33. The van der Waals surface area contributed by atoms with E-state index in [-0.39, 0.29) is 24.4 Å². The van der Waals surface area contributed by atoms with Crippen molar-refractivity contribution in [1.29, 1.82) is 0 Å². The molecule has 2 aromatic rings. The quantitative estimate of drug-likeness (QED) is 0.758. The molecule has 1 unspecified atom stereocenters. The van der Waals surface area contributed by atoms with Crippen LogP contribution in [-0.2, 0) is 0 Å². The molecule has 86 valence electrons. The number of fused-ring (bicyclic) bond motifs is 1. The highest BCUT2D eigenvalue weighted by Crippen LogP contribution is 2.21. The largest absolute Gasteiger partial charge is 0.396 e. The molecule has 6 nitrogen and oxygen atoms in total. The first-order chi connectivity index (χ1) is 7.77. The van der Waals surface area contributed by atoms with Gasteiger partial charge in [0.05, 0.1) is 19.0 Å². The summed E-state index contributed by atoms with van der Waals surface area (Å²) >= 11 is 5.86. The lowest BCUT2D eigenvalue weighted by Gasteiger charge is -2.14. The van der Waals surface area contributed by atoms with Crippen LogP contribution in [0.3, 0.4) is 0 Å². The van der Waals surface area contributed by atoms with Gasteiger partial charge in [-0.25, -0.2) is 15.0 Å². The zero-order chi connectivity index (χ0) is 11.5. The number of halogens is 1. The highest BCUT2D eigenvalue weighted by atomic mass is 35.5. The zero-order valence-electron chi connectivity index (χ0n) is 8.41. The lowest BCUT2D eigenvalue weighted by Crippen LogP contribution is -2.14. The highest BCUT2D eigenvalue weighted by Gasteiger charge is 2.15. The highest BCUT2D eigenvalue weighted by molar-refractivity contribution is 6.33. The molecule has 16 heavy (non-hydrogen) atoms. The fraction of sp³-hybridized carbons (Fsp3) is 0.444. The van der Waals surface area contributed by atoms with Crippen LogP contribution in [0.4, 0.5) is 0 Å². The molecular weight excluding hydrogens is 232 g/mol. The molecule has 0 aliphatic rings. The Morgan fingerprint density at radius 1 is 1.31 bits per heavy atom. The topological polar surface area (TPSA) is 84.1 Å². The maximum absolute atomic E-state index is 9.22. The van der Waals surface area contributed by atoms with E-state index in [4.69, 9.17) is 16.7 Å². The number of nitrogens with zero attached hydrogens (tertiary/aromatic N) is 4. The van der Waals surface area contributed by atoms with Gasteiger partial charge in [-0.3, -0.25) is 0 Å². The molecule has 0 aliphatic heterocycles. The molecule has 0 amide bonds. The number of imidazole rings is 1. The van der Waals surface area contributed by atoms with Gasteiger partial charge in [-0.05, 0) is 6.42 Å². The fourth-order valence-electron chi connectivity index (χ4n) is 1.56. The third-order valence-corrected chi connectivity index (χ3v) is 2.66. The molecule has 7 heteroatoms. The van der Waals surface area contributed by atoms with E-state index in [1.54, 1.807) is 10.9 Å². The minimum Gasteiger partial charge on any atom is -0.396 e. The number of hydrogen-bond acceptors (Lipinski definition) is 5.